The summed E-state index contributed by atoms with van der Waals surface area (Å²) in [4.78, 5) is 16.7. The van der Waals surface area contributed by atoms with E-state index in [1.54, 1.807) is 53.6 Å². The molecule has 2 aromatic carbocycles. The van der Waals surface area contributed by atoms with E-state index in [2.05, 4.69) is 15.4 Å². The minimum Gasteiger partial charge on any atom is -0.452 e. The van der Waals surface area contributed by atoms with Crippen LogP contribution in [0.1, 0.15) is 10.4 Å². The number of hydrogen-bond acceptors (Lipinski definition) is 4. The first-order valence-corrected chi connectivity index (χ1v) is 8.86. The molecule has 0 atom stereocenters. The van der Waals surface area contributed by atoms with E-state index in [0.29, 0.717) is 27.8 Å². The number of ether oxygens (including phenoxy) is 1. The molecule has 28 heavy (non-hydrogen) atoms. The van der Waals surface area contributed by atoms with Crippen LogP contribution in [0.5, 0.6) is 11.5 Å². The van der Waals surface area contributed by atoms with E-state index in [9.17, 15) is 4.79 Å². The van der Waals surface area contributed by atoms with Crippen LogP contribution in [0, 0.1) is 0 Å². The lowest BCUT2D eigenvalue weighted by Crippen LogP contribution is -2.12. The summed E-state index contributed by atoms with van der Waals surface area (Å²) in [6.07, 6.45) is 6.39. The van der Waals surface area contributed by atoms with Crippen molar-refractivity contribution in [1.82, 2.24) is 14.8 Å². The van der Waals surface area contributed by atoms with Gasteiger partial charge in [-0.1, -0.05) is 35.9 Å². The van der Waals surface area contributed by atoms with Gasteiger partial charge in [0.25, 0.3) is 5.91 Å². The third-order valence-electron chi connectivity index (χ3n) is 3.94. The third-order valence-corrected chi connectivity index (χ3v) is 4.23. The van der Waals surface area contributed by atoms with Gasteiger partial charge in [0.1, 0.15) is 5.75 Å². The Hall–Kier alpha value is -3.64. The maximum atomic E-state index is 12.7. The summed E-state index contributed by atoms with van der Waals surface area (Å²) in [6.45, 7) is 0. The molecule has 0 aliphatic heterocycles. The Balaban J connectivity index is 1.57. The third kappa shape index (κ3) is 3.87. The molecule has 2 aromatic heterocycles. The number of amides is 1. The summed E-state index contributed by atoms with van der Waals surface area (Å²) in [5.41, 5.74) is 1.73. The molecule has 0 bridgehead atoms. The molecule has 6 nitrogen and oxygen atoms in total. The van der Waals surface area contributed by atoms with Gasteiger partial charge in [0.05, 0.1) is 34.4 Å². The van der Waals surface area contributed by atoms with E-state index in [1.165, 1.54) is 6.20 Å². The lowest BCUT2D eigenvalue weighted by Gasteiger charge is -2.13. The molecule has 0 saturated heterocycles. The molecule has 0 aliphatic carbocycles. The number of pyridine rings is 1. The number of hydrogen-bond donors (Lipinski definition) is 1. The molecule has 0 unspecified atom stereocenters. The predicted molar refractivity (Wildman–Crippen MR) is 107 cm³/mol. The van der Waals surface area contributed by atoms with Crippen molar-refractivity contribution >= 4 is 23.2 Å². The molecule has 4 rings (SSSR count). The van der Waals surface area contributed by atoms with Gasteiger partial charge in [-0.3, -0.25) is 9.78 Å². The van der Waals surface area contributed by atoms with Crippen LogP contribution in [-0.4, -0.2) is 20.7 Å². The van der Waals surface area contributed by atoms with Gasteiger partial charge in [0, 0.05) is 12.4 Å². The van der Waals surface area contributed by atoms with Gasteiger partial charge < -0.3 is 10.1 Å². The zero-order valence-corrected chi connectivity index (χ0v) is 15.4. The number of anilines is 1. The van der Waals surface area contributed by atoms with E-state index in [0.717, 1.165) is 5.69 Å². The molecule has 0 aliphatic rings. The molecular formula is C21H15ClN4O2. The van der Waals surface area contributed by atoms with Crippen molar-refractivity contribution in [2.75, 3.05) is 5.32 Å². The minimum atomic E-state index is -0.319. The zero-order chi connectivity index (χ0) is 19.3. The van der Waals surface area contributed by atoms with Crippen LogP contribution < -0.4 is 10.1 Å². The number of nitrogens with one attached hydrogen (secondary N) is 1. The molecule has 0 spiro atoms. The summed E-state index contributed by atoms with van der Waals surface area (Å²) < 4.78 is 7.46. The largest absolute Gasteiger partial charge is 0.452 e. The Morgan fingerprint density at radius 1 is 1.00 bits per heavy atom. The minimum absolute atomic E-state index is 0.319. The first kappa shape index (κ1) is 17.8. The molecule has 1 N–H and O–H groups in total. The van der Waals surface area contributed by atoms with Crippen molar-refractivity contribution < 1.29 is 9.53 Å². The van der Waals surface area contributed by atoms with Crippen LogP contribution in [0.25, 0.3) is 5.69 Å². The highest BCUT2D eigenvalue weighted by Gasteiger charge is 2.15. The molecule has 1 amide bonds. The number of aromatic nitrogens is 3. The molecule has 0 radical (unpaired) electrons. The van der Waals surface area contributed by atoms with E-state index < -0.39 is 0 Å². The van der Waals surface area contributed by atoms with Gasteiger partial charge in [-0.2, -0.15) is 5.10 Å². The second kappa shape index (κ2) is 7.94. The van der Waals surface area contributed by atoms with Crippen LogP contribution >= 0.6 is 11.6 Å². The van der Waals surface area contributed by atoms with Crippen LogP contribution in [-0.2, 0) is 0 Å². The van der Waals surface area contributed by atoms with Crippen LogP contribution in [0.2, 0.25) is 5.02 Å². The zero-order valence-electron chi connectivity index (χ0n) is 14.6. The monoisotopic (exact) mass is 390 g/mol. The number of rotatable bonds is 5. The maximum Gasteiger partial charge on any atom is 0.258 e. The Labute approximate surface area is 166 Å². The van der Waals surface area contributed by atoms with Crippen molar-refractivity contribution in [2.45, 2.75) is 0 Å². The average Bonchev–Trinajstić information content (AvgIpc) is 3.22. The second-order valence-electron chi connectivity index (χ2n) is 5.87. The topological polar surface area (TPSA) is 69.0 Å². The fraction of sp³-hybridized carbons (Fsp3) is 0. The van der Waals surface area contributed by atoms with Crippen LogP contribution in [0.3, 0.4) is 0 Å². The van der Waals surface area contributed by atoms with Crippen molar-refractivity contribution in [3.05, 3.63) is 96.0 Å². The molecule has 0 saturated carbocycles. The van der Waals surface area contributed by atoms with Gasteiger partial charge in [-0.05, 0) is 36.4 Å². The summed E-state index contributed by atoms with van der Waals surface area (Å²) in [5.74, 6) is 0.546. The summed E-state index contributed by atoms with van der Waals surface area (Å²) in [5, 5.41) is 7.45. The standard InChI is InChI=1S/C21H15ClN4O2/c22-18-9-4-10-19(20(18)28-17-8-5-11-23-13-17)25-21(27)15-12-24-26(14-15)16-6-2-1-3-7-16/h1-14H,(H,25,27). The van der Waals surface area contributed by atoms with E-state index in [4.69, 9.17) is 16.3 Å². The fourth-order valence-electron chi connectivity index (χ4n) is 2.59. The van der Waals surface area contributed by atoms with E-state index >= 15 is 0 Å². The van der Waals surface area contributed by atoms with Gasteiger partial charge in [0.2, 0.25) is 0 Å². The van der Waals surface area contributed by atoms with E-state index in [1.807, 2.05) is 30.3 Å². The fourth-order valence-corrected chi connectivity index (χ4v) is 2.81. The van der Waals surface area contributed by atoms with Crippen molar-refractivity contribution in [3.63, 3.8) is 0 Å². The SMILES string of the molecule is O=C(Nc1cccc(Cl)c1Oc1cccnc1)c1cnn(-c2ccccc2)c1. The summed E-state index contributed by atoms with van der Waals surface area (Å²) in [6, 6.07) is 18.2. The normalized spacial score (nSPS) is 10.5. The highest BCUT2D eigenvalue weighted by Crippen LogP contribution is 2.36. The van der Waals surface area contributed by atoms with Gasteiger partial charge in [-0.25, -0.2) is 4.68 Å². The molecule has 0 fully saturated rings. The number of carbonyl (C=O) groups excluding carboxylic acids is 1. The quantitative estimate of drug-likeness (QED) is 0.522. The van der Waals surface area contributed by atoms with Gasteiger partial charge in [-0.15, -0.1) is 0 Å². The highest BCUT2D eigenvalue weighted by molar-refractivity contribution is 6.32. The number of para-hydroxylation sites is 2. The Kier molecular flexibility index (Phi) is 5.03. The first-order valence-electron chi connectivity index (χ1n) is 8.48. The predicted octanol–water partition coefficient (Wildman–Crippen LogP) is 4.97. The lowest BCUT2D eigenvalue weighted by molar-refractivity contribution is 0.102. The molecule has 2 heterocycles. The number of nitrogens with zero attached hydrogens (tertiary/aromatic N) is 3. The van der Waals surface area contributed by atoms with Gasteiger partial charge >= 0.3 is 0 Å². The van der Waals surface area contributed by atoms with Crippen molar-refractivity contribution in [2.24, 2.45) is 0 Å². The first-order chi connectivity index (χ1) is 13.7. The lowest BCUT2D eigenvalue weighted by atomic mass is 10.2. The number of benzene rings is 2. The summed E-state index contributed by atoms with van der Waals surface area (Å²) in [7, 11) is 0. The van der Waals surface area contributed by atoms with Crippen molar-refractivity contribution in [1.29, 1.82) is 0 Å². The molecule has 138 valence electrons. The highest BCUT2D eigenvalue weighted by atomic mass is 35.5. The molecular weight excluding hydrogens is 376 g/mol. The maximum absolute atomic E-state index is 12.7. The van der Waals surface area contributed by atoms with Crippen molar-refractivity contribution in [3.8, 4) is 17.2 Å². The second-order valence-corrected chi connectivity index (χ2v) is 6.28. The Bertz CT molecular complexity index is 1100. The Morgan fingerprint density at radius 3 is 2.64 bits per heavy atom. The average molecular weight is 391 g/mol. The number of halogens is 1. The van der Waals surface area contributed by atoms with Gasteiger partial charge in [0.15, 0.2) is 5.75 Å². The summed E-state index contributed by atoms with van der Waals surface area (Å²) >= 11 is 6.28. The molecule has 7 heteroatoms. The molecule has 4 aromatic rings. The van der Waals surface area contributed by atoms with Crippen LogP contribution in [0.15, 0.2) is 85.5 Å². The number of carbonyl (C=O) groups is 1. The van der Waals surface area contributed by atoms with E-state index in [-0.39, 0.29) is 5.91 Å². The van der Waals surface area contributed by atoms with Crippen LogP contribution in [0.4, 0.5) is 5.69 Å². The Morgan fingerprint density at radius 2 is 1.86 bits per heavy atom. The smallest absolute Gasteiger partial charge is 0.258 e.